The summed E-state index contributed by atoms with van der Waals surface area (Å²) >= 11 is 0. The Balaban J connectivity index is 1.20. The van der Waals surface area contributed by atoms with Crippen molar-refractivity contribution < 1.29 is 18.3 Å². The zero-order valence-corrected chi connectivity index (χ0v) is 24.6. The summed E-state index contributed by atoms with van der Waals surface area (Å²) in [5.41, 5.74) is 9.80. The van der Waals surface area contributed by atoms with Crippen LogP contribution in [0.3, 0.4) is 0 Å². The highest BCUT2D eigenvalue weighted by Crippen LogP contribution is 2.34. The minimum Gasteiger partial charge on any atom is -0.458 e. The van der Waals surface area contributed by atoms with Crippen LogP contribution in [0.1, 0.15) is 12.8 Å². The van der Waals surface area contributed by atoms with Gasteiger partial charge in [-0.15, -0.1) is 0 Å². The van der Waals surface area contributed by atoms with Crippen molar-refractivity contribution >= 4 is 39.7 Å². The highest BCUT2D eigenvalue weighted by atomic mass is 19.1. The van der Waals surface area contributed by atoms with E-state index in [1.54, 1.807) is 18.1 Å². The average molecular weight is 624 g/mol. The standard InChI is InChI=1S/C31H27F2N11O2/c1-41-10-3-11-42-26-19(4-2-5-23(26)39-30(42)34)22-8-9-35-31(40-22)46-18-13-25(29(41)45)43(15-18)27-20-14-38-44(28(20)37-16-36-27)24-7-6-17(32)12-21(24)33/h2,4-9,12,14,16,18,25H,3,10-11,13,15H2,1H3,(H2,34,39)/t18-,25-/m0/s1. The van der Waals surface area contributed by atoms with Crippen LogP contribution in [-0.4, -0.2) is 82.4 Å². The van der Waals surface area contributed by atoms with Crippen molar-refractivity contribution in [3.63, 3.8) is 0 Å². The first-order valence-corrected chi connectivity index (χ1v) is 14.8. The molecule has 0 saturated carbocycles. The SMILES string of the molecule is CN1CCCn2c(N)nc3cccc(c32)-c2ccnc(n2)O[C@H]2C[C@@H](C1=O)N(c1ncnc3c1cnn3-c1ccc(F)cc1F)C2. The van der Waals surface area contributed by atoms with Gasteiger partial charge in [0.2, 0.25) is 11.9 Å². The topological polar surface area (TPSA) is 146 Å². The molecule has 0 radical (unpaired) electrons. The molecule has 2 N–H and O–H groups in total. The number of hydrogen-bond donors (Lipinski definition) is 1. The number of nitrogens with two attached hydrogens (primary N) is 1. The Morgan fingerprint density at radius 1 is 1.04 bits per heavy atom. The molecule has 0 aliphatic carbocycles. The number of carbonyl (C=O) groups excluding carboxylic acids is 1. The first kappa shape index (κ1) is 27.8. The fourth-order valence-corrected chi connectivity index (χ4v) is 6.40. The van der Waals surface area contributed by atoms with Gasteiger partial charge in [-0.3, -0.25) is 4.79 Å². The summed E-state index contributed by atoms with van der Waals surface area (Å²) in [7, 11) is 1.77. The van der Waals surface area contributed by atoms with E-state index < -0.39 is 23.8 Å². The van der Waals surface area contributed by atoms with E-state index in [-0.39, 0.29) is 17.6 Å². The van der Waals surface area contributed by atoms with E-state index in [4.69, 9.17) is 15.5 Å². The lowest BCUT2D eigenvalue weighted by Crippen LogP contribution is -2.45. The van der Waals surface area contributed by atoms with Crippen LogP contribution in [0.4, 0.5) is 20.5 Å². The summed E-state index contributed by atoms with van der Waals surface area (Å²) in [6.07, 6.45) is 4.99. The molecule has 1 amide bonds. The van der Waals surface area contributed by atoms with Crippen molar-refractivity contribution in [3.8, 4) is 23.0 Å². The third kappa shape index (κ3) is 4.53. The first-order chi connectivity index (χ1) is 22.4. The molecule has 2 atom stereocenters. The van der Waals surface area contributed by atoms with Crippen molar-refractivity contribution in [1.29, 1.82) is 0 Å². The van der Waals surface area contributed by atoms with E-state index in [0.29, 0.717) is 61.0 Å². The first-order valence-electron chi connectivity index (χ1n) is 14.8. The number of rotatable bonds is 2. The molecule has 2 aromatic carbocycles. The van der Waals surface area contributed by atoms with Crippen molar-refractivity contribution in [3.05, 3.63) is 72.8 Å². The van der Waals surface area contributed by atoms with Gasteiger partial charge in [-0.05, 0) is 30.7 Å². The highest BCUT2D eigenvalue weighted by molar-refractivity contribution is 5.94. The molecule has 4 bridgehead atoms. The van der Waals surface area contributed by atoms with Gasteiger partial charge in [0.25, 0.3) is 0 Å². The number of imidazole rings is 1. The molecule has 6 aromatic rings. The van der Waals surface area contributed by atoms with Gasteiger partial charge >= 0.3 is 6.01 Å². The van der Waals surface area contributed by atoms with Crippen molar-refractivity contribution in [2.75, 3.05) is 30.8 Å². The molecular weight excluding hydrogens is 596 g/mol. The Morgan fingerprint density at radius 3 is 2.80 bits per heavy atom. The number of carbonyl (C=O) groups is 1. The zero-order valence-electron chi connectivity index (χ0n) is 24.6. The molecule has 6 heterocycles. The number of hydrogen-bond acceptors (Lipinski definition) is 10. The zero-order chi connectivity index (χ0) is 31.5. The number of benzene rings is 2. The molecule has 232 valence electrons. The molecule has 4 aromatic heterocycles. The van der Waals surface area contributed by atoms with E-state index >= 15 is 0 Å². The number of para-hydroxylation sites is 1. The Kier molecular flexibility index (Phi) is 6.47. The Bertz CT molecular complexity index is 2150. The van der Waals surface area contributed by atoms with Gasteiger partial charge in [-0.1, -0.05) is 12.1 Å². The fraction of sp³-hybridized carbons (Fsp3) is 0.258. The molecule has 0 unspecified atom stereocenters. The van der Waals surface area contributed by atoms with E-state index in [1.165, 1.54) is 23.3 Å². The van der Waals surface area contributed by atoms with Crippen LogP contribution >= 0.6 is 0 Å². The number of amides is 1. The third-order valence-electron chi connectivity index (χ3n) is 8.53. The van der Waals surface area contributed by atoms with E-state index in [2.05, 4.69) is 25.0 Å². The lowest BCUT2D eigenvalue weighted by molar-refractivity contribution is -0.131. The van der Waals surface area contributed by atoms with Gasteiger partial charge in [0, 0.05) is 44.4 Å². The molecule has 46 heavy (non-hydrogen) atoms. The predicted molar refractivity (Wildman–Crippen MR) is 164 cm³/mol. The minimum absolute atomic E-state index is 0.0342. The average Bonchev–Trinajstić information content (AvgIpc) is 3.75. The Hall–Kier alpha value is -5.73. The van der Waals surface area contributed by atoms with Crippen molar-refractivity contribution in [1.82, 2.24) is 44.2 Å². The number of fused-ring (bicyclic) bond motifs is 6. The summed E-state index contributed by atoms with van der Waals surface area (Å²) in [4.78, 5) is 40.2. The summed E-state index contributed by atoms with van der Waals surface area (Å²) in [5.74, 6) is -0.789. The Morgan fingerprint density at radius 2 is 1.93 bits per heavy atom. The summed E-state index contributed by atoms with van der Waals surface area (Å²) in [6.45, 7) is 1.29. The quantitative estimate of drug-likeness (QED) is 0.305. The van der Waals surface area contributed by atoms with Crippen LogP contribution < -0.4 is 15.4 Å². The van der Waals surface area contributed by atoms with Gasteiger partial charge in [-0.25, -0.2) is 33.4 Å². The monoisotopic (exact) mass is 623 g/mol. The maximum Gasteiger partial charge on any atom is 0.317 e. The lowest BCUT2D eigenvalue weighted by atomic mass is 10.1. The van der Waals surface area contributed by atoms with Crippen LogP contribution in [0.15, 0.2) is 61.2 Å². The number of aryl methyl sites for hydroxylation is 1. The molecule has 2 aliphatic rings. The number of ether oxygens (including phenoxy) is 1. The molecule has 2 aliphatic heterocycles. The van der Waals surface area contributed by atoms with Crippen LogP contribution in [0.2, 0.25) is 0 Å². The van der Waals surface area contributed by atoms with Crippen LogP contribution in [0.5, 0.6) is 6.01 Å². The number of nitrogens with zero attached hydrogens (tertiary/aromatic N) is 10. The number of nitrogen functional groups attached to an aromatic ring is 1. The lowest BCUT2D eigenvalue weighted by Gasteiger charge is -2.28. The molecule has 15 heteroatoms. The number of aromatic nitrogens is 8. The third-order valence-corrected chi connectivity index (χ3v) is 8.53. The van der Waals surface area contributed by atoms with Gasteiger partial charge in [0.05, 0.1) is 34.9 Å². The van der Waals surface area contributed by atoms with Crippen LogP contribution in [0, 0.1) is 11.6 Å². The second kappa shape index (κ2) is 10.7. The maximum atomic E-state index is 14.7. The molecule has 13 nitrogen and oxygen atoms in total. The second-order valence-electron chi connectivity index (χ2n) is 11.4. The fourth-order valence-electron chi connectivity index (χ4n) is 6.40. The van der Waals surface area contributed by atoms with Crippen LogP contribution in [0.25, 0.3) is 39.0 Å². The second-order valence-corrected chi connectivity index (χ2v) is 11.4. The Labute approximate surface area is 260 Å². The molecule has 1 saturated heterocycles. The van der Waals surface area contributed by atoms with Crippen LogP contribution in [-0.2, 0) is 11.3 Å². The number of halogens is 2. The van der Waals surface area contributed by atoms with Crippen molar-refractivity contribution in [2.45, 2.75) is 31.5 Å². The molecule has 8 rings (SSSR count). The van der Waals surface area contributed by atoms with E-state index in [9.17, 15) is 13.6 Å². The van der Waals surface area contributed by atoms with Gasteiger partial charge in [0.1, 0.15) is 35.8 Å². The van der Waals surface area contributed by atoms with E-state index in [0.717, 1.165) is 28.7 Å². The molecule has 0 spiro atoms. The summed E-state index contributed by atoms with van der Waals surface area (Å²) < 4.78 is 37.9. The molecular formula is C31H27F2N11O2. The highest BCUT2D eigenvalue weighted by Gasteiger charge is 2.41. The molecule has 1 fully saturated rings. The largest absolute Gasteiger partial charge is 0.458 e. The van der Waals surface area contributed by atoms with Gasteiger partial charge in [0.15, 0.2) is 11.5 Å². The van der Waals surface area contributed by atoms with E-state index in [1.807, 2.05) is 33.7 Å². The van der Waals surface area contributed by atoms with Gasteiger partial charge in [-0.2, -0.15) is 10.1 Å². The summed E-state index contributed by atoms with van der Waals surface area (Å²) in [5, 5.41) is 4.84. The van der Waals surface area contributed by atoms with Crippen molar-refractivity contribution in [2.24, 2.45) is 0 Å². The maximum absolute atomic E-state index is 14.7. The number of anilines is 2. The van der Waals surface area contributed by atoms with Gasteiger partial charge < -0.3 is 24.8 Å². The normalized spacial score (nSPS) is 18.5. The summed E-state index contributed by atoms with van der Waals surface area (Å²) in [6, 6.07) is 10.4. The minimum atomic E-state index is -0.786. The predicted octanol–water partition coefficient (Wildman–Crippen LogP) is 3.37. The smallest absolute Gasteiger partial charge is 0.317 e. The number of likely N-dealkylation sites (N-methyl/N-ethyl adjacent to an activating group) is 1.